The number of aromatic nitrogens is 1. The van der Waals surface area contributed by atoms with E-state index in [1.165, 1.54) is 6.07 Å². The average Bonchev–Trinajstić information content (AvgIpc) is 2.77. The normalized spacial score (nSPS) is 10.1. The summed E-state index contributed by atoms with van der Waals surface area (Å²) in [5, 5.41) is 14.7. The highest BCUT2D eigenvalue weighted by Gasteiger charge is 2.03. The second-order valence-electron chi connectivity index (χ2n) is 3.84. The van der Waals surface area contributed by atoms with E-state index >= 15 is 0 Å². The molecule has 0 aliphatic carbocycles. The molecule has 0 amide bonds. The highest BCUT2D eigenvalue weighted by Crippen LogP contribution is 2.15. The molecule has 18 heavy (non-hydrogen) atoms. The predicted octanol–water partition coefficient (Wildman–Crippen LogP) is 3.12. The summed E-state index contributed by atoms with van der Waals surface area (Å²) < 4.78 is 13.5. The fraction of sp³-hybridized carbons (Fsp3) is 0.231. The van der Waals surface area contributed by atoms with Crippen molar-refractivity contribution in [1.29, 1.82) is 5.26 Å². The zero-order valence-electron chi connectivity index (χ0n) is 9.90. The third kappa shape index (κ3) is 3.05. The minimum Gasteiger partial charge on any atom is -0.382 e. The molecule has 0 atom stereocenters. The number of thiazole rings is 1. The molecular formula is C13H12FN3S. The van der Waals surface area contributed by atoms with Crippen LogP contribution in [-0.2, 0) is 6.42 Å². The minimum absolute atomic E-state index is 0.327. The summed E-state index contributed by atoms with van der Waals surface area (Å²) >= 11 is 1.61. The van der Waals surface area contributed by atoms with Gasteiger partial charge in [0, 0.05) is 18.3 Å². The summed E-state index contributed by atoms with van der Waals surface area (Å²) in [6.07, 6.45) is 0.754. The number of aryl methyl sites for hydroxylation is 1. The lowest BCUT2D eigenvalue weighted by atomic mass is 10.2. The first-order valence-corrected chi connectivity index (χ1v) is 6.41. The second kappa shape index (κ2) is 5.61. The van der Waals surface area contributed by atoms with Gasteiger partial charge in [-0.1, -0.05) is 0 Å². The Morgan fingerprint density at radius 2 is 2.33 bits per heavy atom. The van der Waals surface area contributed by atoms with Crippen LogP contribution in [0.15, 0.2) is 23.6 Å². The molecule has 0 saturated carbocycles. The van der Waals surface area contributed by atoms with E-state index in [4.69, 9.17) is 5.26 Å². The number of benzene rings is 1. The van der Waals surface area contributed by atoms with Crippen LogP contribution in [0, 0.1) is 24.1 Å². The first-order valence-electron chi connectivity index (χ1n) is 5.53. The number of rotatable bonds is 4. The van der Waals surface area contributed by atoms with Crippen LogP contribution in [0.1, 0.15) is 16.3 Å². The average molecular weight is 261 g/mol. The van der Waals surface area contributed by atoms with Crippen LogP contribution >= 0.6 is 11.3 Å². The van der Waals surface area contributed by atoms with Crippen molar-refractivity contribution in [2.24, 2.45) is 0 Å². The molecule has 2 aromatic rings. The van der Waals surface area contributed by atoms with Gasteiger partial charge in [-0.05, 0) is 25.1 Å². The van der Waals surface area contributed by atoms with Crippen molar-refractivity contribution in [1.82, 2.24) is 4.98 Å². The van der Waals surface area contributed by atoms with Gasteiger partial charge in [-0.15, -0.1) is 11.3 Å². The van der Waals surface area contributed by atoms with E-state index in [1.807, 2.05) is 18.4 Å². The van der Waals surface area contributed by atoms with Crippen LogP contribution < -0.4 is 5.32 Å². The second-order valence-corrected chi connectivity index (χ2v) is 4.90. The minimum atomic E-state index is -0.400. The molecular weight excluding hydrogens is 249 g/mol. The van der Waals surface area contributed by atoms with Crippen molar-refractivity contribution < 1.29 is 4.39 Å². The Kier molecular flexibility index (Phi) is 3.90. The van der Waals surface area contributed by atoms with Gasteiger partial charge < -0.3 is 5.32 Å². The SMILES string of the molecule is Cc1nc(CCNc2ccc(C#N)cc2F)cs1. The molecule has 1 aromatic heterocycles. The van der Waals surface area contributed by atoms with Gasteiger partial charge >= 0.3 is 0 Å². The van der Waals surface area contributed by atoms with E-state index in [1.54, 1.807) is 23.5 Å². The largest absolute Gasteiger partial charge is 0.382 e. The Hall–Kier alpha value is -1.93. The number of nitrogens with one attached hydrogen (secondary N) is 1. The van der Waals surface area contributed by atoms with Gasteiger partial charge in [-0.25, -0.2) is 9.37 Å². The number of halogens is 1. The Labute approximate surface area is 109 Å². The number of nitrogens with zero attached hydrogens (tertiary/aromatic N) is 2. The van der Waals surface area contributed by atoms with Crippen molar-refractivity contribution in [3.63, 3.8) is 0 Å². The van der Waals surface area contributed by atoms with E-state index in [0.717, 1.165) is 17.1 Å². The maximum absolute atomic E-state index is 13.5. The molecule has 0 saturated heterocycles. The van der Waals surface area contributed by atoms with Crippen LogP contribution in [-0.4, -0.2) is 11.5 Å². The van der Waals surface area contributed by atoms with Crippen LogP contribution in [0.3, 0.4) is 0 Å². The highest BCUT2D eigenvalue weighted by atomic mass is 32.1. The molecule has 0 spiro atoms. The van der Waals surface area contributed by atoms with Crippen molar-refractivity contribution in [3.8, 4) is 6.07 Å². The van der Waals surface area contributed by atoms with Crippen LogP contribution in [0.2, 0.25) is 0 Å². The van der Waals surface area contributed by atoms with Crippen LogP contribution in [0.25, 0.3) is 0 Å². The molecule has 2 rings (SSSR count). The Balaban J connectivity index is 1.92. The first-order chi connectivity index (χ1) is 8.69. The maximum Gasteiger partial charge on any atom is 0.147 e. The fourth-order valence-corrected chi connectivity index (χ4v) is 2.22. The lowest BCUT2D eigenvalue weighted by Gasteiger charge is -2.06. The van der Waals surface area contributed by atoms with Crippen molar-refractivity contribution in [2.45, 2.75) is 13.3 Å². The third-order valence-corrected chi connectivity index (χ3v) is 3.28. The van der Waals surface area contributed by atoms with E-state index < -0.39 is 5.82 Å². The number of hydrogen-bond donors (Lipinski definition) is 1. The molecule has 0 fully saturated rings. The topological polar surface area (TPSA) is 48.7 Å². The van der Waals surface area contributed by atoms with Crippen LogP contribution in [0.4, 0.5) is 10.1 Å². The van der Waals surface area contributed by atoms with Crippen molar-refractivity contribution in [2.75, 3.05) is 11.9 Å². The lowest BCUT2D eigenvalue weighted by molar-refractivity contribution is 0.629. The maximum atomic E-state index is 13.5. The Bertz CT molecular complexity index is 586. The monoisotopic (exact) mass is 261 g/mol. The molecule has 3 nitrogen and oxygen atoms in total. The molecule has 0 aliphatic heterocycles. The molecule has 5 heteroatoms. The summed E-state index contributed by atoms with van der Waals surface area (Å²) in [5.41, 5.74) is 1.76. The summed E-state index contributed by atoms with van der Waals surface area (Å²) in [4.78, 5) is 4.33. The molecule has 1 N–H and O–H groups in total. The van der Waals surface area contributed by atoms with Gasteiger partial charge in [0.2, 0.25) is 0 Å². The number of nitriles is 1. The molecule has 0 unspecified atom stereocenters. The fourth-order valence-electron chi connectivity index (χ4n) is 1.58. The van der Waals surface area contributed by atoms with E-state index in [9.17, 15) is 4.39 Å². The van der Waals surface area contributed by atoms with Gasteiger partial charge in [0.1, 0.15) is 5.82 Å². The van der Waals surface area contributed by atoms with Gasteiger partial charge in [-0.3, -0.25) is 0 Å². The molecule has 0 bridgehead atoms. The molecule has 92 valence electrons. The summed E-state index contributed by atoms with van der Waals surface area (Å²) in [7, 11) is 0. The molecule has 1 aromatic carbocycles. The smallest absolute Gasteiger partial charge is 0.147 e. The summed E-state index contributed by atoms with van der Waals surface area (Å²) in [6, 6.07) is 6.31. The van der Waals surface area contributed by atoms with Crippen molar-refractivity contribution >= 4 is 17.0 Å². The standard InChI is InChI=1S/C13H12FN3S/c1-9-17-11(8-18-9)4-5-16-13-3-2-10(7-15)6-12(13)14/h2-3,6,8,16H,4-5H2,1H3. The van der Waals surface area contributed by atoms with Gasteiger partial charge in [-0.2, -0.15) is 5.26 Å². The Morgan fingerprint density at radius 3 is 2.94 bits per heavy atom. The molecule has 0 aliphatic rings. The molecule has 0 radical (unpaired) electrons. The van der Waals surface area contributed by atoms with Crippen LogP contribution in [0.5, 0.6) is 0 Å². The third-order valence-electron chi connectivity index (χ3n) is 2.46. The van der Waals surface area contributed by atoms with Gasteiger partial charge in [0.15, 0.2) is 0 Å². The predicted molar refractivity (Wildman–Crippen MR) is 70.2 cm³/mol. The summed E-state index contributed by atoms with van der Waals surface area (Å²) in [5.74, 6) is -0.400. The number of anilines is 1. The van der Waals surface area contributed by atoms with E-state index in [2.05, 4.69) is 10.3 Å². The highest BCUT2D eigenvalue weighted by molar-refractivity contribution is 7.09. The molecule has 1 heterocycles. The number of hydrogen-bond acceptors (Lipinski definition) is 4. The first kappa shape index (κ1) is 12.5. The van der Waals surface area contributed by atoms with Gasteiger partial charge in [0.25, 0.3) is 0 Å². The van der Waals surface area contributed by atoms with Gasteiger partial charge in [0.05, 0.1) is 28.0 Å². The van der Waals surface area contributed by atoms with E-state index in [0.29, 0.717) is 17.8 Å². The van der Waals surface area contributed by atoms with E-state index in [-0.39, 0.29) is 0 Å². The van der Waals surface area contributed by atoms with Crippen molar-refractivity contribution in [3.05, 3.63) is 45.7 Å². The Morgan fingerprint density at radius 1 is 1.50 bits per heavy atom. The summed E-state index contributed by atoms with van der Waals surface area (Å²) in [6.45, 7) is 2.58. The quantitative estimate of drug-likeness (QED) is 0.920. The zero-order chi connectivity index (χ0) is 13.0. The zero-order valence-corrected chi connectivity index (χ0v) is 10.7. The lowest BCUT2D eigenvalue weighted by Crippen LogP contribution is -2.06.